The Morgan fingerprint density at radius 1 is 1.26 bits per heavy atom. The topological polar surface area (TPSA) is 91.4 Å². The van der Waals surface area contributed by atoms with Crippen LogP contribution in [0.1, 0.15) is 61.7 Å². The number of sulfonamides is 1. The second-order valence-electron chi connectivity index (χ2n) is 9.90. The highest BCUT2D eigenvalue weighted by molar-refractivity contribution is 7.91. The van der Waals surface area contributed by atoms with Crippen LogP contribution < -0.4 is 14.9 Å². The summed E-state index contributed by atoms with van der Waals surface area (Å²) in [5.74, 6) is -0.220. The number of nitrogens with zero attached hydrogens (tertiary/aromatic N) is 2. The molecule has 1 aliphatic heterocycles. The fourth-order valence-electron chi connectivity index (χ4n) is 5.32. The number of hydrogen-bond donors (Lipinski definition) is 2. The van der Waals surface area contributed by atoms with Gasteiger partial charge in [-0.3, -0.25) is 4.79 Å². The van der Waals surface area contributed by atoms with Crippen LogP contribution in [0.2, 0.25) is 0 Å². The minimum absolute atomic E-state index is 0.172. The third-order valence-corrected chi connectivity index (χ3v) is 10.1. The highest BCUT2D eigenvalue weighted by Gasteiger charge is 2.32. The van der Waals surface area contributed by atoms with E-state index in [1.807, 2.05) is 6.92 Å². The van der Waals surface area contributed by atoms with E-state index in [2.05, 4.69) is 19.9 Å². The molecule has 2 heterocycles. The van der Waals surface area contributed by atoms with E-state index in [0.29, 0.717) is 29.6 Å². The number of thiazole rings is 1. The molecule has 35 heavy (non-hydrogen) atoms. The van der Waals surface area contributed by atoms with Crippen LogP contribution in [0.5, 0.6) is 0 Å². The van der Waals surface area contributed by atoms with Gasteiger partial charge in [-0.25, -0.2) is 17.8 Å². The number of benzene rings is 1. The molecule has 0 saturated heterocycles. The van der Waals surface area contributed by atoms with Crippen molar-refractivity contribution in [1.29, 1.82) is 0 Å². The average molecular weight is 523 g/mol. The molecule has 0 radical (unpaired) electrons. The quantitative estimate of drug-likeness (QED) is 0.518. The van der Waals surface area contributed by atoms with Gasteiger partial charge in [-0.2, -0.15) is 4.72 Å². The van der Waals surface area contributed by atoms with E-state index < -0.39 is 16.1 Å². The van der Waals surface area contributed by atoms with E-state index >= 15 is 0 Å². The number of halogens is 1. The highest BCUT2D eigenvalue weighted by Crippen LogP contribution is 2.30. The van der Waals surface area contributed by atoms with Crippen molar-refractivity contribution in [2.45, 2.75) is 82.0 Å². The Kier molecular flexibility index (Phi) is 8.12. The van der Waals surface area contributed by atoms with Gasteiger partial charge in [0.2, 0.25) is 5.91 Å². The first-order valence-electron chi connectivity index (χ1n) is 12.4. The number of aromatic nitrogens is 1. The molecule has 1 aromatic heterocycles. The van der Waals surface area contributed by atoms with E-state index in [1.165, 1.54) is 12.5 Å². The lowest BCUT2D eigenvalue weighted by Gasteiger charge is -2.29. The van der Waals surface area contributed by atoms with Crippen molar-refractivity contribution in [3.05, 3.63) is 40.3 Å². The molecule has 1 aliphatic carbocycles. The van der Waals surface area contributed by atoms with Crippen LogP contribution in [0.3, 0.4) is 0 Å². The second-order valence-corrected chi connectivity index (χ2v) is 13.0. The molecule has 2 unspecified atom stereocenters. The van der Waals surface area contributed by atoms with Crippen molar-refractivity contribution in [3.63, 3.8) is 0 Å². The summed E-state index contributed by atoms with van der Waals surface area (Å²) in [5, 5.41) is 3.72. The maximum atomic E-state index is 13.6. The molecule has 2 atom stereocenters. The van der Waals surface area contributed by atoms with Gasteiger partial charge in [0.05, 0.1) is 10.7 Å². The Morgan fingerprint density at radius 2 is 2.00 bits per heavy atom. The lowest BCUT2D eigenvalue weighted by molar-refractivity contribution is -0.123. The molecule has 10 heteroatoms. The van der Waals surface area contributed by atoms with Gasteiger partial charge in [0, 0.05) is 24.8 Å². The van der Waals surface area contributed by atoms with Crippen LogP contribution in [-0.2, 0) is 21.2 Å². The molecule has 1 amide bonds. The van der Waals surface area contributed by atoms with Gasteiger partial charge in [-0.15, -0.1) is 11.3 Å². The normalized spacial score (nSPS) is 18.3. The smallest absolute Gasteiger partial charge is 0.252 e. The van der Waals surface area contributed by atoms with Crippen LogP contribution in [-0.4, -0.2) is 44.5 Å². The fourth-order valence-corrected chi connectivity index (χ4v) is 8.02. The number of hydrogen-bond acceptors (Lipinski definition) is 6. The van der Waals surface area contributed by atoms with Crippen molar-refractivity contribution in [2.75, 3.05) is 18.0 Å². The van der Waals surface area contributed by atoms with Gasteiger partial charge in [0.25, 0.3) is 10.0 Å². The number of fused-ring (bicyclic) bond motifs is 1. The second kappa shape index (κ2) is 10.9. The third-order valence-electron chi connectivity index (χ3n) is 6.93. The third kappa shape index (κ3) is 6.40. The standard InChI is InChI=1S/C25H35FN4O3S2/c1-16(15-30-12-11-20-14-21(26)9-10-23(20)30)27-24(31)22(13-19-7-5-4-6-8-19)29-35(32,33)25-17(2)28-18(3)34-25/h9-10,14,16,19,22,29H,4-8,11-13,15H2,1-3H3,(H,27,31). The summed E-state index contributed by atoms with van der Waals surface area (Å²) in [5.41, 5.74) is 2.42. The molecule has 0 bridgehead atoms. The summed E-state index contributed by atoms with van der Waals surface area (Å²) in [6, 6.07) is 3.76. The van der Waals surface area contributed by atoms with Crippen LogP contribution in [0.15, 0.2) is 22.4 Å². The lowest BCUT2D eigenvalue weighted by Crippen LogP contribution is -2.51. The highest BCUT2D eigenvalue weighted by atomic mass is 32.2. The predicted molar refractivity (Wildman–Crippen MR) is 137 cm³/mol. The first-order chi connectivity index (χ1) is 16.6. The van der Waals surface area contributed by atoms with Gasteiger partial charge in [-0.05, 0) is 63.3 Å². The van der Waals surface area contributed by atoms with E-state index in [4.69, 9.17) is 0 Å². The predicted octanol–water partition coefficient (Wildman–Crippen LogP) is 4.08. The molecule has 1 aromatic carbocycles. The van der Waals surface area contributed by atoms with Crippen molar-refractivity contribution >= 4 is 33.0 Å². The Morgan fingerprint density at radius 3 is 2.69 bits per heavy atom. The monoisotopic (exact) mass is 522 g/mol. The summed E-state index contributed by atoms with van der Waals surface area (Å²) < 4.78 is 42.8. The summed E-state index contributed by atoms with van der Waals surface area (Å²) in [4.78, 5) is 19.8. The first kappa shape index (κ1) is 26.0. The van der Waals surface area contributed by atoms with Gasteiger partial charge in [-0.1, -0.05) is 32.1 Å². The summed E-state index contributed by atoms with van der Waals surface area (Å²) in [6.07, 6.45) is 6.71. The van der Waals surface area contributed by atoms with E-state index in [1.54, 1.807) is 26.0 Å². The Hall–Kier alpha value is -2.04. The van der Waals surface area contributed by atoms with E-state index in [0.717, 1.165) is 61.2 Å². The van der Waals surface area contributed by atoms with Crippen LogP contribution >= 0.6 is 11.3 Å². The average Bonchev–Trinajstić information content (AvgIpc) is 3.35. The molecule has 0 spiro atoms. The lowest BCUT2D eigenvalue weighted by atomic mass is 9.85. The zero-order valence-electron chi connectivity index (χ0n) is 20.6. The molecular weight excluding hydrogens is 487 g/mol. The number of carbonyl (C=O) groups is 1. The molecule has 1 saturated carbocycles. The van der Waals surface area contributed by atoms with Crippen molar-refractivity contribution in [1.82, 2.24) is 15.0 Å². The maximum absolute atomic E-state index is 13.6. The number of anilines is 1. The number of aryl methyl sites for hydroxylation is 2. The largest absolute Gasteiger partial charge is 0.369 e. The van der Waals surface area contributed by atoms with Crippen LogP contribution in [0.25, 0.3) is 0 Å². The van der Waals surface area contributed by atoms with Gasteiger partial charge in [0.1, 0.15) is 11.9 Å². The van der Waals surface area contributed by atoms with Crippen molar-refractivity contribution in [3.8, 4) is 0 Å². The van der Waals surface area contributed by atoms with Gasteiger partial charge >= 0.3 is 0 Å². The van der Waals surface area contributed by atoms with E-state index in [-0.39, 0.29) is 22.0 Å². The molecule has 2 aliphatic rings. The van der Waals surface area contributed by atoms with Crippen LogP contribution in [0, 0.1) is 25.6 Å². The van der Waals surface area contributed by atoms with Crippen LogP contribution in [0.4, 0.5) is 10.1 Å². The summed E-state index contributed by atoms with van der Waals surface area (Å²) in [7, 11) is -3.87. The Labute approximate surface area is 211 Å². The maximum Gasteiger partial charge on any atom is 0.252 e. The number of rotatable bonds is 9. The summed E-state index contributed by atoms with van der Waals surface area (Å²) >= 11 is 1.12. The fraction of sp³-hybridized carbons (Fsp3) is 0.600. The minimum atomic E-state index is -3.87. The molecule has 7 nitrogen and oxygen atoms in total. The van der Waals surface area contributed by atoms with Crippen molar-refractivity contribution < 1.29 is 17.6 Å². The molecule has 2 aromatic rings. The van der Waals surface area contributed by atoms with Gasteiger partial charge in [0.15, 0.2) is 4.21 Å². The Balaban J connectivity index is 1.45. The number of nitrogens with one attached hydrogen (secondary N) is 2. The zero-order chi connectivity index (χ0) is 25.2. The SMILES string of the molecule is Cc1nc(C)c(S(=O)(=O)NC(CC2CCCCC2)C(=O)NC(C)CN2CCc3cc(F)ccc32)s1. The summed E-state index contributed by atoms with van der Waals surface area (Å²) in [6.45, 7) is 6.70. The van der Waals surface area contributed by atoms with E-state index in [9.17, 15) is 17.6 Å². The first-order valence-corrected chi connectivity index (χ1v) is 14.7. The zero-order valence-corrected chi connectivity index (χ0v) is 22.3. The van der Waals surface area contributed by atoms with Crippen molar-refractivity contribution in [2.24, 2.45) is 5.92 Å². The molecule has 192 valence electrons. The molecule has 4 rings (SSSR count). The number of amides is 1. The Bertz CT molecular complexity index is 1160. The molecular formula is C25H35FN4O3S2. The number of carbonyl (C=O) groups excluding carboxylic acids is 1. The van der Waals surface area contributed by atoms with Gasteiger partial charge < -0.3 is 10.2 Å². The molecule has 1 fully saturated rings. The minimum Gasteiger partial charge on any atom is -0.369 e. The molecule has 2 N–H and O–H groups in total.